The first-order valence-electron chi connectivity index (χ1n) is 5.92. The quantitative estimate of drug-likeness (QED) is 0.862. The van der Waals surface area contributed by atoms with Crippen molar-refractivity contribution in [2.24, 2.45) is 5.73 Å². The minimum Gasteiger partial charge on any atom is -0.322 e. The molecule has 18 heavy (non-hydrogen) atoms. The molecule has 3 heteroatoms. The number of hydrogen-bond donors (Lipinski definition) is 1. The van der Waals surface area contributed by atoms with Crippen molar-refractivity contribution >= 4 is 0 Å². The van der Waals surface area contributed by atoms with Gasteiger partial charge in [0.05, 0.1) is 6.04 Å². The van der Waals surface area contributed by atoms with Gasteiger partial charge in [-0.25, -0.2) is 8.78 Å². The van der Waals surface area contributed by atoms with Gasteiger partial charge in [0.2, 0.25) is 0 Å². The highest BCUT2D eigenvalue weighted by Gasteiger charge is 2.36. The van der Waals surface area contributed by atoms with Crippen LogP contribution in [0.1, 0.15) is 17.0 Å². The lowest BCUT2D eigenvalue weighted by molar-refractivity contribution is 0.109. The van der Waals surface area contributed by atoms with Gasteiger partial charge in [0.1, 0.15) is 0 Å². The summed E-state index contributed by atoms with van der Waals surface area (Å²) in [4.78, 5) is 0. The Kier molecular flexibility index (Phi) is 2.63. The van der Waals surface area contributed by atoms with Gasteiger partial charge in [0.25, 0.3) is 6.43 Å². The van der Waals surface area contributed by atoms with Crippen molar-refractivity contribution < 1.29 is 8.78 Å². The van der Waals surface area contributed by atoms with Crippen LogP contribution in [-0.4, -0.2) is 12.5 Å². The van der Waals surface area contributed by atoms with E-state index in [4.69, 9.17) is 5.73 Å². The van der Waals surface area contributed by atoms with Gasteiger partial charge < -0.3 is 5.73 Å². The van der Waals surface area contributed by atoms with Crippen molar-refractivity contribution in [3.63, 3.8) is 0 Å². The first kappa shape index (κ1) is 11.4. The molecule has 0 fully saturated rings. The van der Waals surface area contributed by atoms with E-state index in [1.807, 2.05) is 48.5 Å². The van der Waals surface area contributed by atoms with Gasteiger partial charge in [-0.1, -0.05) is 48.5 Å². The molecule has 0 amide bonds. The van der Waals surface area contributed by atoms with Crippen molar-refractivity contribution in [3.8, 4) is 11.1 Å². The zero-order chi connectivity index (χ0) is 12.7. The van der Waals surface area contributed by atoms with E-state index in [9.17, 15) is 8.78 Å². The van der Waals surface area contributed by atoms with E-state index in [-0.39, 0.29) is 0 Å². The average Bonchev–Trinajstić information content (AvgIpc) is 2.72. The maximum Gasteiger partial charge on any atom is 0.254 e. The number of alkyl halides is 2. The molecule has 1 atom stereocenters. The molecule has 0 aliphatic heterocycles. The third kappa shape index (κ3) is 1.55. The van der Waals surface area contributed by atoms with E-state index < -0.39 is 18.4 Å². The number of fused-ring (bicyclic) bond motifs is 3. The molecule has 2 N–H and O–H groups in total. The van der Waals surface area contributed by atoms with Crippen LogP contribution in [0.4, 0.5) is 8.78 Å². The fourth-order valence-corrected chi connectivity index (χ4v) is 2.75. The van der Waals surface area contributed by atoms with Crippen LogP contribution in [-0.2, 0) is 0 Å². The minimum atomic E-state index is -2.52. The van der Waals surface area contributed by atoms with Gasteiger partial charge in [-0.15, -0.1) is 0 Å². The summed E-state index contributed by atoms with van der Waals surface area (Å²) in [5.74, 6) is -0.405. The molecule has 0 spiro atoms. The summed E-state index contributed by atoms with van der Waals surface area (Å²) in [7, 11) is 0. The van der Waals surface area contributed by atoms with Crippen molar-refractivity contribution in [1.82, 2.24) is 0 Å². The van der Waals surface area contributed by atoms with Crippen LogP contribution >= 0.6 is 0 Å². The number of halogens is 2. The molecule has 1 aliphatic carbocycles. The van der Waals surface area contributed by atoms with Gasteiger partial charge in [-0.3, -0.25) is 0 Å². The Bertz CT molecular complexity index is 535. The standard InChI is InChI=1S/C15H13F2N/c16-15(17)14(18)13-11-7-3-1-5-9(11)10-6-2-4-8-12(10)13/h1-8,13-15H,18H2. The van der Waals surface area contributed by atoms with E-state index >= 15 is 0 Å². The van der Waals surface area contributed by atoms with Crippen LogP contribution in [0.3, 0.4) is 0 Å². The maximum absolute atomic E-state index is 12.9. The topological polar surface area (TPSA) is 26.0 Å². The van der Waals surface area contributed by atoms with Crippen LogP contribution in [0.5, 0.6) is 0 Å². The lowest BCUT2D eigenvalue weighted by Crippen LogP contribution is -2.35. The van der Waals surface area contributed by atoms with Gasteiger partial charge in [-0.05, 0) is 22.3 Å². The third-order valence-electron chi connectivity index (χ3n) is 3.56. The van der Waals surface area contributed by atoms with Crippen LogP contribution in [0.2, 0.25) is 0 Å². The smallest absolute Gasteiger partial charge is 0.254 e. The SMILES string of the molecule is NC(C(F)F)C1c2ccccc2-c2ccccc21. The molecule has 0 aromatic heterocycles. The molecule has 2 aromatic carbocycles. The molecule has 0 saturated heterocycles. The van der Waals surface area contributed by atoms with Crippen LogP contribution in [0.15, 0.2) is 48.5 Å². The van der Waals surface area contributed by atoms with Gasteiger partial charge >= 0.3 is 0 Å². The van der Waals surface area contributed by atoms with Crippen molar-refractivity contribution in [3.05, 3.63) is 59.7 Å². The number of nitrogens with two attached hydrogens (primary N) is 1. The second-order valence-electron chi connectivity index (χ2n) is 4.56. The van der Waals surface area contributed by atoms with Gasteiger partial charge in [0.15, 0.2) is 0 Å². The van der Waals surface area contributed by atoms with Crippen molar-refractivity contribution in [2.75, 3.05) is 0 Å². The second-order valence-corrected chi connectivity index (χ2v) is 4.56. The highest BCUT2D eigenvalue weighted by atomic mass is 19.3. The van der Waals surface area contributed by atoms with Crippen LogP contribution < -0.4 is 5.73 Å². The molecule has 1 nitrogen and oxygen atoms in total. The monoisotopic (exact) mass is 245 g/mol. The van der Waals surface area contributed by atoms with Gasteiger partial charge in [0, 0.05) is 5.92 Å². The molecular formula is C15H13F2N. The first-order chi connectivity index (χ1) is 8.70. The summed E-state index contributed by atoms with van der Waals surface area (Å²) in [6.07, 6.45) is -2.52. The summed E-state index contributed by atoms with van der Waals surface area (Å²) in [5.41, 5.74) is 9.56. The molecule has 1 aliphatic rings. The molecular weight excluding hydrogens is 232 g/mol. The lowest BCUT2D eigenvalue weighted by atomic mass is 9.90. The Labute approximate surface area is 104 Å². The van der Waals surface area contributed by atoms with Crippen molar-refractivity contribution in [2.45, 2.75) is 18.4 Å². The summed E-state index contributed by atoms with van der Waals surface area (Å²) in [6.45, 7) is 0. The normalized spacial score (nSPS) is 15.6. The van der Waals surface area contributed by atoms with E-state index in [1.165, 1.54) is 0 Å². The molecule has 92 valence electrons. The molecule has 0 radical (unpaired) electrons. The van der Waals surface area contributed by atoms with E-state index in [0.29, 0.717) is 0 Å². The Balaban J connectivity index is 2.21. The summed E-state index contributed by atoms with van der Waals surface area (Å²) < 4.78 is 25.9. The van der Waals surface area contributed by atoms with Crippen molar-refractivity contribution in [1.29, 1.82) is 0 Å². The molecule has 3 rings (SSSR count). The third-order valence-corrected chi connectivity index (χ3v) is 3.56. The Morgan fingerprint density at radius 1 is 0.833 bits per heavy atom. The zero-order valence-corrected chi connectivity index (χ0v) is 9.68. The van der Waals surface area contributed by atoms with E-state index in [0.717, 1.165) is 22.3 Å². The number of rotatable bonds is 2. The fraction of sp³-hybridized carbons (Fsp3) is 0.200. The molecule has 0 bridgehead atoms. The summed E-state index contributed by atoms with van der Waals surface area (Å²) >= 11 is 0. The largest absolute Gasteiger partial charge is 0.322 e. The van der Waals surface area contributed by atoms with E-state index in [2.05, 4.69) is 0 Å². The highest BCUT2D eigenvalue weighted by molar-refractivity contribution is 5.79. The lowest BCUT2D eigenvalue weighted by Gasteiger charge is -2.20. The highest BCUT2D eigenvalue weighted by Crippen LogP contribution is 2.46. The fourth-order valence-electron chi connectivity index (χ4n) is 2.75. The first-order valence-corrected chi connectivity index (χ1v) is 5.92. The molecule has 0 heterocycles. The number of hydrogen-bond acceptors (Lipinski definition) is 1. The van der Waals surface area contributed by atoms with E-state index in [1.54, 1.807) is 0 Å². The Morgan fingerprint density at radius 3 is 1.72 bits per heavy atom. The number of benzene rings is 2. The zero-order valence-electron chi connectivity index (χ0n) is 9.68. The minimum absolute atomic E-state index is 0.405. The summed E-state index contributed by atoms with van der Waals surface area (Å²) in [5, 5.41) is 0. The Hall–Kier alpha value is -1.74. The predicted octanol–water partition coefficient (Wildman–Crippen LogP) is 3.39. The summed E-state index contributed by atoms with van der Waals surface area (Å²) in [6, 6.07) is 14.1. The average molecular weight is 245 g/mol. The molecule has 1 unspecified atom stereocenters. The maximum atomic E-state index is 12.9. The second kappa shape index (κ2) is 4.18. The van der Waals surface area contributed by atoms with Crippen LogP contribution in [0.25, 0.3) is 11.1 Å². The van der Waals surface area contributed by atoms with Gasteiger partial charge in [-0.2, -0.15) is 0 Å². The van der Waals surface area contributed by atoms with Crippen LogP contribution in [0, 0.1) is 0 Å². The molecule has 2 aromatic rings. The molecule has 0 saturated carbocycles. The predicted molar refractivity (Wildman–Crippen MR) is 67.7 cm³/mol. The Morgan fingerprint density at radius 2 is 1.28 bits per heavy atom.